The Bertz CT molecular complexity index is 553. The zero-order chi connectivity index (χ0) is 14.8. The van der Waals surface area contributed by atoms with Gasteiger partial charge in [-0.2, -0.15) is 13.2 Å². The molecule has 1 aromatic carbocycles. The second-order valence-electron chi connectivity index (χ2n) is 4.52. The number of benzene rings is 1. The van der Waals surface area contributed by atoms with E-state index in [9.17, 15) is 21.6 Å². The number of hydrogen-bond donors (Lipinski definition) is 1. The molecule has 1 unspecified atom stereocenters. The molecule has 0 spiro atoms. The molecule has 0 aliphatic heterocycles. The second kappa shape index (κ2) is 5.50. The predicted molar refractivity (Wildman–Crippen MR) is 66.6 cm³/mol. The molecule has 19 heavy (non-hydrogen) atoms. The molecule has 0 bridgehead atoms. The Morgan fingerprint density at radius 2 is 1.84 bits per heavy atom. The number of aryl methyl sites for hydroxylation is 2. The van der Waals surface area contributed by atoms with Crippen molar-refractivity contribution in [3.8, 4) is 0 Å². The van der Waals surface area contributed by atoms with E-state index >= 15 is 0 Å². The minimum Gasteiger partial charge on any atom is -0.330 e. The Hall–Kier alpha value is -1.08. The molecule has 0 fully saturated rings. The van der Waals surface area contributed by atoms with Crippen LogP contribution in [0.25, 0.3) is 0 Å². The summed E-state index contributed by atoms with van der Waals surface area (Å²) in [6.07, 6.45) is -4.61. The summed E-state index contributed by atoms with van der Waals surface area (Å²) in [4.78, 5) is -0.0687. The first-order chi connectivity index (χ1) is 8.58. The minimum absolute atomic E-state index is 0.0687. The highest BCUT2D eigenvalue weighted by atomic mass is 32.2. The number of hydrogen-bond acceptors (Lipinski definition) is 3. The third kappa shape index (κ3) is 3.94. The Morgan fingerprint density at radius 3 is 2.26 bits per heavy atom. The van der Waals surface area contributed by atoms with Gasteiger partial charge in [0.1, 0.15) is 0 Å². The normalized spacial score (nSPS) is 14.4. The van der Waals surface area contributed by atoms with Gasteiger partial charge >= 0.3 is 6.18 Å². The van der Waals surface area contributed by atoms with Crippen molar-refractivity contribution in [2.24, 2.45) is 11.7 Å². The van der Waals surface area contributed by atoms with Gasteiger partial charge < -0.3 is 5.73 Å². The maximum atomic E-state index is 12.6. The van der Waals surface area contributed by atoms with Crippen LogP contribution in [0.15, 0.2) is 23.1 Å². The van der Waals surface area contributed by atoms with E-state index in [4.69, 9.17) is 5.73 Å². The topological polar surface area (TPSA) is 60.2 Å². The largest absolute Gasteiger partial charge is 0.394 e. The summed E-state index contributed by atoms with van der Waals surface area (Å²) in [5, 5.41) is 0. The summed E-state index contributed by atoms with van der Waals surface area (Å²) in [6, 6.07) is 4.52. The highest BCUT2D eigenvalue weighted by molar-refractivity contribution is 7.91. The standard InChI is InChI=1S/C12H16F3NO2S/c1-8-3-4-11(9(2)5-8)19(17,18)7-10(6-16)12(13,14)15/h3-5,10H,6-7,16H2,1-2H3. The van der Waals surface area contributed by atoms with Crippen LogP contribution in [0.1, 0.15) is 11.1 Å². The van der Waals surface area contributed by atoms with E-state index in [1.54, 1.807) is 26.0 Å². The zero-order valence-electron chi connectivity index (χ0n) is 10.7. The Balaban J connectivity index is 3.11. The number of rotatable bonds is 4. The SMILES string of the molecule is Cc1ccc(S(=O)(=O)CC(CN)C(F)(F)F)c(C)c1. The number of nitrogens with two attached hydrogens (primary N) is 1. The Morgan fingerprint density at radius 1 is 1.26 bits per heavy atom. The van der Waals surface area contributed by atoms with Crippen molar-refractivity contribution in [3.63, 3.8) is 0 Å². The third-order valence-electron chi connectivity index (χ3n) is 2.83. The predicted octanol–water partition coefficient (Wildman–Crippen LogP) is 2.21. The molecule has 1 aromatic rings. The van der Waals surface area contributed by atoms with Crippen LogP contribution in [0.3, 0.4) is 0 Å². The van der Waals surface area contributed by atoms with Gasteiger partial charge in [-0.15, -0.1) is 0 Å². The van der Waals surface area contributed by atoms with Crippen LogP contribution in [-0.2, 0) is 9.84 Å². The zero-order valence-corrected chi connectivity index (χ0v) is 11.5. The molecule has 7 heteroatoms. The number of alkyl halides is 3. The molecule has 0 aliphatic rings. The molecule has 0 saturated heterocycles. The van der Waals surface area contributed by atoms with Crippen LogP contribution in [0, 0.1) is 19.8 Å². The first kappa shape index (κ1) is 16.0. The molecule has 0 heterocycles. The lowest BCUT2D eigenvalue weighted by molar-refractivity contribution is -0.165. The average Bonchev–Trinajstić information content (AvgIpc) is 2.23. The van der Waals surface area contributed by atoms with Crippen LogP contribution in [-0.4, -0.2) is 26.9 Å². The summed E-state index contributed by atoms with van der Waals surface area (Å²) >= 11 is 0. The molecule has 1 rings (SSSR count). The van der Waals surface area contributed by atoms with Gasteiger partial charge in [0, 0.05) is 6.54 Å². The van der Waals surface area contributed by atoms with Crippen molar-refractivity contribution < 1.29 is 21.6 Å². The summed E-state index contributed by atoms with van der Waals surface area (Å²) in [6.45, 7) is 2.60. The first-order valence-electron chi connectivity index (χ1n) is 5.64. The molecule has 0 aromatic heterocycles. The van der Waals surface area contributed by atoms with E-state index < -0.39 is 34.2 Å². The second-order valence-corrected chi connectivity index (χ2v) is 6.53. The average molecular weight is 295 g/mol. The highest BCUT2D eigenvalue weighted by Crippen LogP contribution is 2.29. The van der Waals surface area contributed by atoms with Gasteiger partial charge in [0.05, 0.1) is 16.6 Å². The molecule has 0 radical (unpaired) electrons. The van der Waals surface area contributed by atoms with E-state index in [-0.39, 0.29) is 4.90 Å². The van der Waals surface area contributed by atoms with Crippen LogP contribution in [0.4, 0.5) is 13.2 Å². The molecular weight excluding hydrogens is 279 g/mol. The van der Waals surface area contributed by atoms with Crippen molar-refractivity contribution in [2.45, 2.75) is 24.9 Å². The van der Waals surface area contributed by atoms with Crippen molar-refractivity contribution >= 4 is 9.84 Å². The summed E-state index contributed by atoms with van der Waals surface area (Å²) < 4.78 is 61.8. The van der Waals surface area contributed by atoms with Crippen molar-refractivity contribution in [2.75, 3.05) is 12.3 Å². The molecular formula is C12H16F3NO2S. The highest BCUT2D eigenvalue weighted by Gasteiger charge is 2.41. The molecule has 3 nitrogen and oxygen atoms in total. The molecule has 1 atom stereocenters. The van der Waals surface area contributed by atoms with Gasteiger partial charge in [-0.3, -0.25) is 0 Å². The molecule has 0 saturated carbocycles. The molecule has 108 valence electrons. The lowest BCUT2D eigenvalue weighted by atomic mass is 10.2. The van der Waals surface area contributed by atoms with Gasteiger partial charge in [-0.1, -0.05) is 17.7 Å². The van der Waals surface area contributed by atoms with Crippen LogP contribution < -0.4 is 5.73 Å². The van der Waals surface area contributed by atoms with Crippen LogP contribution in [0.5, 0.6) is 0 Å². The van der Waals surface area contributed by atoms with Crippen LogP contribution in [0.2, 0.25) is 0 Å². The Kier molecular flexibility index (Phi) is 4.63. The minimum atomic E-state index is -4.61. The lowest BCUT2D eigenvalue weighted by Crippen LogP contribution is -2.36. The van der Waals surface area contributed by atoms with E-state index in [2.05, 4.69) is 0 Å². The molecule has 2 N–H and O–H groups in total. The summed E-state index contributed by atoms with van der Waals surface area (Å²) in [7, 11) is -4.00. The monoisotopic (exact) mass is 295 g/mol. The van der Waals surface area contributed by atoms with Crippen LogP contribution >= 0.6 is 0 Å². The van der Waals surface area contributed by atoms with Crippen molar-refractivity contribution in [3.05, 3.63) is 29.3 Å². The fourth-order valence-electron chi connectivity index (χ4n) is 1.80. The van der Waals surface area contributed by atoms with E-state index in [1.807, 2.05) is 0 Å². The fraction of sp³-hybridized carbons (Fsp3) is 0.500. The fourth-order valence-corrected chi connectivity index (χ4v) is 3.66. The van der Waals surface area contributed by atoms with E-state index in [0.717, 1.165) is 5.56 Å². The Labute approximate surface area is 110 Å². The summed E-state index contributed by atoms with van der Waals surface area (Å²) in [5.41, 5.74) is 6.31. The smallest absolute Gasteiger partial charge is 0.330 e. The van der Waals surface area contributed by atoms with Gasteiger partial charge in [-0.05, 0) is 25.5 Å². The summed E-state index contributed by atoms with van der Waals surface area (Å²) in [5.74, 6) is -3.06. The lowest BCUT2D eigenvalue weighted by Gasteiger charge is -2.19. The first-order valence-corrected chi connectivity index (χ1v) is 7.30. The maximum absolute atomic E-state index is 12.6. The number of halogens is 3. The van der Waals surface area contributed by atoms with Gasteiger partial charge in [0.2, 0.25) is 0 Å². The quantitative estimate of drug-likeness (QED) is 0.926. The molecule has 0 aliphatic carbocycles. The van der Waals surface area contributed by atoms with Gasteiger partial charge in [0.25, 0.3) is 0 Å². The van der Waals surface area contributed by atoms with Gasteiger partial charge in [-0.25, -0.2) is 8.42 Å². The third-order valence-corrected chi connectivity index (χ3v) is 4.80. The van der Waals surface area contributed by atoms with E-state index in [1.165, 1.54) is 6.07 Å². The van der Waals surface area contributed by atoms with E-state index in [0.29, 0.717) is 5.56 Å². The maximum Gasteiger partial charge on any atom is 0.394 e. The van der Waals surface area contributed by atoms with Gasteiger partial charge in [0.15, 0.2) is 9.84 Å². The van der Waals surface area contributed by atoms with Crippen molar-refractivity contribution in [1.29, 1.82) is 0 Å². The number of sulfone groups is 1. The molecule has 0 amide bonds. The van der Waals surface area contributed by atoms with Crippen molar-refractivity contribution in [1.82, 2.24) is 0 Å².